The number of para-hydroxylation sites is 1. The zero-order chi connectivity index (χ0) is 14.7. The van der Waals surface area contributed by atoms with E-state index in [0.717, 1.165) is 30.4 Å². The number of nitrogens with zero attached hydrogens (tertiary/aromatic N) is 1. The number of nitrogens with one attached hydrogen (secondary N) is 1. The molecule has 0 amide bonds. The number of ether oxygens (including phenoxy) is 1. The quantitative estimate of drug-likeness (QED) is 0.921. The summed E-state index contributed by atoms with van der Waals surface area (Å²) in [4.78, 5) is 2.38. The second-order valence-corrected chi connectivity index (χ2v) is 6.34. The summed E-state index contributed by atoms with van der Waals surface area (Å²) in [6, 6.07) is 6.97. The van der Waals surface area contributed by atoms with Crippen molar-refractivity contribution in [3.63, 3.8) is 0 Å². The van der Waals surface area contributed by atoms with E-state index in [4.69, 9.17) is 16.3 Å². The molecule has 3 nitrogen and oxygen atoms in total. The van der Waals surface area contributed by atoms with Gasteiger partial charge in [0, 0.05) is 25.2 Å². The first-order valence-electron chi connectivity index (χ1n) is 7.38. The summed E-state index contributed by atoms with van der Waals surface area (Å²) in [6.45, 7) is 11.1. The third-order valence-electron chi connectivity index (χ3n) is 3.67. The molecule has 1 saturated heterocycles. The highest BCUT2D eigenvalue weighted by atomic mass is 35.5. The zero-order valence-electron chi connectivity index (χ0n) is 12.8. The van der Waals surface area contributed by atoms with Crippen LogP contribution in [0, 0.1) is 0 Å². The molecular formula is C16H25ClN2O. The minimum Gasteiger partial charge on any atom is -0.375 e. The largest absolute Gasteiger partial charge is 0.375 e. The van der Waals surface area contributed by atoms with Crippen LogP contribution in [-0.4, -0.2) is 31.3 Å². The van der Waals surface area contributed by atoms with Crippen molar-refractivity contribution >= 4 is 17.3 Å². The highest BCUT2D eigenvalue weighted by Crippen LogP contribution is 2.33. The van der Waals surface area contributed by atoms with Gasteiger partial charge in [-0.25, -0.2) is 0 Å². The Labute approximate surface area is 127 Å². The van der Waals surface area contributed by atoms with Gasteiger partial charge in [-0.3, -0.25) is 0 Å². The number of halogens is 1. The van der Waals surface area contributed by atoms with E-state index < -0.39 is 0 Å². The molecule has 2 unspecified atom stereocenters. The summed E-state index contributed by atoms with van der Waals surface area (Å²) >= 11 is 6.48. The highest BCUT2D eigenvalue weighted by Gasteiger charge is 2.26. The number of benzene rings is 1. The van der Waals surface area contributed by atoms with Crippen LogP contribution in [0.3, 0.4) is 0 Å². The van der Waals surface area contributed by atoms with Gasteiger partial charge in [0.05, 0.1) is 23.4 Å². The summed E-state index contributed by atoms with van der Waals surface area (Å²) in [6.07, 6.45) is 0.244. The summed E-state index contributed by atoms with van der Waals surface area (Å²) in [5.41, 5.74) is 2.41. The lowest BCUT2D eigenvalue weighted by Crippen LogP contribution is -2.48. The van der Waals surface area contributed by atoms with Crippen LogP contribution in [0.25, 0.3) is 0 Å². The predicted octanol–water partition coefficient (Wildman–Crippen LogP) is 3.45. The van der Waals surface area contributed by atoms with Crippen LogP contribution in [-0.2, 0) is 11.3 Å². The third-order valence-corrected chi connectivity index (χ3v) is 3.97. The molecule has 1 aliphatic rings. The standard InChI is InChI=1S/C16H25ClN2O/c1-11(2)18-8-14-6-5-7-15(17)16(14)19-9-13(4)20-10-12(19)3/h5-7,11-13,18H,8-10H2,1-4H3. The second kappa shape index (κ2) is 6.79. The Hall–Kier alpha value is -0.770. The van der Waals surface area contributed by atoms with Crippen molar-refractivity contribution in [3.05, 3.63) is 28.8 Å². The zero-order valence-corrected chi connectivity index (χ0v) is 13.6. The first-order valence-corrected chi connectivity index (χ1v) is 7.76. The molecule has 0 aliphatic carbocycles. The van der Waals surface area contributed by atoms with Gasteiger partial charge in [0.25, 0.3) is 0 Å². The molecule has 0 spiro atoms. The number of hydrogen-bond donors (Lipinski definition) is 1. The van der Waals surface area contributed by atoms with Crippen molar-refractivity contribution in [3.8, 4) is 0 Å². The monoisotopic (exact) mass is 296 g/mol. The maximum atomic E-state index is 6.48. The lowest BCUT2D eigenvalue weighted by atomic mass is 10.1. The molecule has 0 radical (unpaired) electrons. The lowest BCUT2D eigenvalue weighted by Gasteiger charge is -2.40. The smallest absolute Gasteiger partial charge is 0.0723 e. The van der Waals surface area contributed by atoms with Gasteiger partial charge in [-0.05, 0) is 25.5 Å². The van der Waals surface area contributed by atoms with Crippen LogP contribution in [0.15, 0.2) is 18.2 Å². The fourth-order valence-electron chi connectivity index (χ4n) is 2.55. The minimum absolute atomic E-state index is 0.244. The minimum atomic E-state index is 0.244. The van der Waals surface area contributed by atoms with Crippen LogP contribution in [0.5, 0.6) is 0 Å². The van der Waals surface area contributed by atoms with Gasteiger partial charge in [-0.2, -0.15) is 0 Å². The van der Waals surface area contributed by atoms with E-state index in [1.54, 1.807) is 0 Å². The van der Waals surface area contributed by atoms with E-state index in [-0.39, 0.29) is 6.10 Å². The van der Waals surface area contributed by atoms with Gasteiger partial charge >= 0.3 is 0 Å². The molecular weight excluding hydrogens is 272 g/mol. The number of rotatable bonds is 4. The summed E-state index contributed by atoms with van der Waals surface area (Å²) in [5, 5.41) is 4.31. The summed E-state index contributed by atoms with van der Waals surface area (Å²) < 4.78 is 5.72. The number of hydrogen-bond acceptors (Lipinski definition) is 3. The molecule has 1 aromatic rings. The first-order chi connectivity index (χ1) is 9.49. The van der Waals surface area contributed by atoms with E-state index in [9.17, 15) is 0 Å². The molecule has 20 heavy (non-hydrogen) atoms. The lowest BCUT2D eigenvalue weighted by molar-refractivity contribution is 0.0343. The summed E-state index contributed by atoms with van der Waals surface area (Å²) in [5.74, 6) is 0. The van der Waals surface area contributed by atoms with E-state index in [2.05, 4.69) is 44.0 Å². The van der Waals surface area contributed by atoms with E-state index >= 15 is 0 Å². The second-order valence-electron chi connectivity index (χ2n) is 5.93. The predicted molar refractivity (Wildman–Crippen MR) is 85.6 cm³/mol. The van der Waals surface area contributed by atoms with Crippen LogP contribution < -0.4 is 10.2 Å². The molecule has 4 heteroatoms. The fourth-order valence-corrected chi connectivity index (χ4v) is 2.86. The molecule has 0 saturated carbocycles. The Balaban J connectivity index is 2.28. The Morgan fingerprint density at radius 2 is 2.15 bits per heavy atom. The van der Waals surface area contributed by atoms with Crippen LogP contribution in [0.4, 0.5) is 5.69 Å². The van der Waals surface area contributed by atoms with E-state index in [0.29, 0.717) is 12.1 Å². The molecule has 1 aliphatic heterocycles. The van der Waals surface area contributed by atoms with Gasteiger partial charge in [0.2, 0.25) is 0 Å². The average molecular weight is 297 g/mol. The maximum absolute atomic E-state index is 6.48. The van der Waals surface area contributed by atoms with Gasteiger partial charge in [0.1, 0.15) is 0 Å². The van der Waals surface area contributed by atoms with Crippen molar-refractivity contribution in [2.75, 3.05) is 18.1 Å². The van der Waals surface area contributed by atoms with Crippen molar-refractivity contribution in [1.82, 2.24) is 5.32 Å². The highest BCUT2D eigenvalue weighted by molar-refractivity contribution is 6.33. The molecule has 1 fully saturated rings. The Kier molecular flexibility index (Phi) is 5.30. The van der Waals surface area contributed by atoms with Crippen LogP contribution >= 0.6 is 11.6 Å². The van der Waals surface area contributed by atoms with Crippen molar-refractivity contribution in [2.45, 2.75) is 52.4 Å². The molecule has 1 N–H and O–H groups in total. The Morgan fingerprint density at radius 3 is 2.85 bits per heavy atom. The third kappa shape index (κ3) is 3.66. The number of morpholine rings is 1. The summed E-state index contributed by atoms with van der Waals surface area (Å²) in [7, 11) is 0. The van der Waals surface area contributed by atoms with Gasteiger partial charge < -0.3 is 15.0 Å². The van der Waals surface area contributed by atoms with E-state index in [1.165, 1.54) is 5.56 Å². The molecule has 112 valence electrons. The normalized spacial score (nSPS) is 23.4. The van der Waals surface area contributed by atoms with Crippen molar-refractivity contribution in [1.29, 1.82) is 0 Å². The molecule has 0 bridgehead atoms. The van der Waals surface area contributed by atoms with Crippen LogP contribution in [0.1, 0.15) is 33.3 Å². The van der Waals surface area contributed by atoms with Crippen molar-refractivity contribution < 1.29 is 4.74 Å². The van der Waals surface area contributed by atoms with Gasteiger partial charge in [-0.1, -0.05) is 37.6 Å². The Bertz CT molecular complexity index is 450. The van der Waals surface area contributed by atoms with Gasteiger partial charge in [-0.15, -0.1) is 0 Å². The molecule has 1 aromatic carbocycles. The molecule has 1 heterocycles. The number of anilines is 1. The molecule has 2 atom stereocenters. The maximum Gasteiger partial charge on any atom is 0.0723 e. The first kappa shape index (κ1) is 15.6. The van der Waals surface area contributed by atoms with E-state index in [1.807, 2.05) is 12.1 Å². The van der Waals surface area contributed by atoms with Gasteiger partial charge in [0.15, 0.2) is 0 Å². The Morgan fingerprint density at radius 1 is 1.40 bits per heavy atom. The molecule has 0 aromatic heterocycles. The average Bonchev–Trinajstić information content (AvgIpc) is 2.39. The SMILES string of the molecule is CC(C)NCc1cccc(Cl)c1N1CC(C)OCC1C. The van der Waals surface area contributed by atoms with Crippen molar-refractivity contribution in [2.24, 2.45) is 0 Å². The van der Waals surface area contributed by atoms with Crippen LogP contribution in [0.2, 0.25) is 5.02 Å². The fraction of sp³-hybridized carbons (Fsp3) is 0.625. The topological polar surface area (TPSA) is 24.5 Å². The molecule has 2 rings (SSSR count).